The molecule has 6 aromatic carbocycles. The number of thiazole rings is 1. The molecule has 5 heterocycles. The number of benzene rings is 6. The van der Waals surface area contributed by atoms with Gasteiger partial charge in [-0.05, 0) is 41.1 Å². The molecule has 0 saturated carbocycles. The number of aromatic amines is 1. The summed E-state index contributed by atoms with van der Waals surface area (Å²) >= 11 is 3.18. The quantitative estimate of drug-likeness (QED) is 0.184. The van der Waals surface area contributed by atoms with E-state index in [4.69, 9.17) is 23.2 Å². The fourth-order valence-corrected chi connectivity index (χ4v) is 9.12. The van der Waals surface area contributed by atoms with E-state index in [-0.39, 0.29) is 0 Å². The maximum absolute atomic E-state index is 6.97. The van der Waals surface area contributed by atoms with Gasteiger partial charge in [-0.25, -0.2) is 15.0 Å². The van der Waals surface area contributed by atoms with Crippen molar-refractivity contribution in [1.82, 2.24) is 19.9 Å². The zero-order valence-corrected chi connectivity index (χ0v) is 28.8. The first-order chi connectivity index (χ1) is 25.8. The Balaban J connectivity index is 1.30. The molecule has 0 aliphatic heterocycles. The molecular formula is C43H24N4O3S2. The molecule has 1 N–H and O–H groups in total. The lowest BCUT2D eigenvalue weighted by Gasteiger charge is -2.16. The lowest BCUT2D eigenvalue weighted by Crippen LogP contribution is -1.95. The van der Waals surface area contributed by atoms with Crippen LogP contribution in [-0.4, -0.2) is 19.9 Å². The van der Waals surface area contributed by atoms with E-state index in [2.05, 4.69) is 94.9 Å². The number of furan rings is 1. The molecule has 11 aromatic rings. The Hall–Kier alpha value is -6.42. The highest BCUT2D eigenvalue weighted by Gasteiger charge is 2.32. The number of aromatic nitrogens is 4. The lowest BCUT2D eigenvalue weighted by atomic mass is 9.97. The predicted molar refractivity (Wildman–Crippen MR) is 209 cm³/mol. The van der Waals surface area contributed by atoms with Crippen LogP contribution < -0.4 is 0 Å². The molecule has 5 aromatic heterocycles. The highest BCUT2D eigenvalue weighted by Crippen LogP contribution is 2.54. The van der Waals surface area contributed by atoms with Gasteiger partial charge in [-0.2, -0.15) is 0 Å². The first kappa shape index (κ1) is 29.3. The summed E-state index contributed by atoms with van der Waals surface area (Å²) in [6, 6.07) is 39.5. The van der Waals surface area contributed by atoms with E-state index in [0.717, 1.165) is 75.0 Å². The number of hydrogen-bond acceptors (Lipinski definition) is 8. The smallest absolute Gasteiger partial charge is 0.230 e. The number of para-hydroxylation sites is 3. The zero-order chi connectivity index (χ0) is 34.2. The standard InChI is InChI=1S/C43H24N4O3S2/c1-3-12-26-24(9-1)11-7-18-33(26)52-40-34(32-23-25-10-2-6-17-31(25)49-32)35(43-45-20-22-51-43)36(42-44-19-21-48-42)39-38(40)47-41(50-39)29-15-8-14-28-27-13-4-5-16-30(27)46-37(28)29/h1-23,46H. The highest BCUT2D eigenvalue weighted by molar-refractivity contribution is 8.00. The van der Waals surface area contributed by atoms with Crippen LogP contribution in [0.4, 0.5) is 0 Å². The van der Waals surface area contributed by atoms with Crippen molar-refractivity contribution in [3.63, 3.8) is 0 Å². The molecule has 52 heavy (non-hydrogen) atoms. The van der Waals surface area contributed by atoms with Gasteiger partial charge >= 0.3 is 0 Å². The highest BCUT2D eigenvalue weighted by atomic mass is 32.2. The van der Waals surface area contributed by atoms with E-state index in [1.54, 1.807) is 24.2 Å². The molecular weight excluding hydrogens is 685 g/mol. The second-order valence-electron chi connectivity index (χ2n) is 12.5. The van der Waals surface area contributed by atoms with E-state index in [0.29, 0.717) is 34.2 Å². The number of rotatable bonds is 6. The van der Waals surface area contributed by atoms with Crippen molar-refractivity contribution in [2.24, 2.45) is 0 Å². The maximum atomic E-state index is 6.97. The minimum Gasteiger partial charge on any atom is -0.456 e. The van der Waals surface area contributed by atoms with E-state index in [1.165, 1.54) is 11.3 Å². The fourth-order valence-electron chi connectivity index (χ4n) is 7.23. The second kappa shape index (κ2) is 11.6. The van der Waals surface area contributed by atoms with Crippen molar-refractivity contribution >= 4 is 77.7 Å². The largest absolute Gasteiger partial charge is 0.456 e. The van der Waals surface area contributed by atoms with Crippen LogP contribution in [0.5, 0.6) is 0 Å². The zero-order valence-electron chi connectivity index (χ0n) is 27.2. The average molecular weight is 709 g/mol. The van der Waals surface area contributed by atoms with Gasteiger partial charge in [0.25, 0.3) is 0 Å². The molecule has 0 saturated heterocycles. The SMILES string of the molecule is c1ccc2oc(-c3c(-c4nccs4)c(-c4ncco4)c4oc(-c5cccc6c5[nH]c5ccccc56)nc4c3Sc3cccc4ccccc34)cc2c1. The van der Waals surface area contributed by atoms with Gasteiger partial charge in [0, 0.05) is 49.3 Å². The van der Waals surface area contributed by atoms with Crippen molar-refractivity contribution in [3.05, 3.63) is 139 Å². The van der Waals surface area contributed by atoms with Gasteiger partial charge in [-0.1, -0.05) is 96.7 Å². The molecule has 0 radical (unpaired) electrons. The third kappa shape index (κ3) is 4.50. The van der Waals surface area contributed by atoms with Crippen LogP contribution >= 0.6 is 23.1 Å². The third-order valence-corrected chi connectivity index (χ3v) is 11.5. The monoisotopic (exact) mass is 708 g/mol. The van der Waals surface area contributed by atoms with E-state index in [1.807, 2.05) is 41.9 Å². The second-order valence-corrected chi connectivity index (χ2v) is 14.4. The molecule has 0 aliphatic rings. The molecule has 7 nitrogen and oxygen atoms in total. The minimum absolute atomic E-state index is 0.404. The number of nitrogens with zero attached hydrogens (tertiary/aromatic N) is 3. The van der Waals surface area contributed by atoms with Gasteiger partial charge in [0.2, 0.25) is 11.8 Å². The number of H-pyrrole nitrogens is 1. The minimum atomic E-state index is 0.404. The molecule has 0 unspecified atom stereocenters. The summed E-state index contributed by atoms with van der Waals surface area (Å²) in [7, 11) is 0. The van der Waals surface area contributed by atoms with Crippen LogP contribution in [0.3, 0.4) is 0 Å². The van der Waals surface area contributed by atoms with Crippen molar-refractivity contribution in [3.8, 4) is 44.8 Å². The van der Waals surface area contributed by atoms with Gasteiger partial charge < -0.3 is 18.2 Å². The van der Waals surface area contributed by atoms with Gasteiger partial charge in [0.05, 0.1) is 27.7 Å². The molecule has 0 amide bonds. The van der Waals surface area contributed by atoms with Crippen LogP contribution in [0, 0.1) is 0 Å². The summed E-state index contributed by atoms with van der Waals surface area (Å²) < 4.78 is 19.8. The van der Waals surface area contributed by atoms with E-state index >= 15 is 0 Å². The van der Waals surface area contributed by atoms with Gasteiger partial charge in [-0.15, -0.1) is 11.3 Å². The molecule has 246 valence electrons. The molecule has 0 bridgehead atoms. The molecule has 0 aliphatic carbocycles. The Morgan fingerprint density at radius 2 is 1.46 bits per heavy atom. The molecule has 11 rings (SSSR count). The summed E-state index contributed by atoms with van der Waals surface area (Å²) in [5, 5.41) is 8.27. The Morgan fingerprint density at radius 3 is 2.33 bits per heavy atom. The average Bonchev–Trinajstić information content (AvgIpc) is 4.04. The van der Waals surface area contributed by atoms with Crippen LogP contribution in [0.1, 0.15) is 0 Å². The fraction of sp³-hybridized carbons (Fsp3) is 0. The van der Waals surface area contributed by atoms with Crippen LogP contribution in [0.2, 0.25) is 0 Å². The Morgan fingerprint density at radius 1 is 0.654 bits per heavy atom. The number of nitrogens with one attached hydrogen (secondary N) is 1. The van der Waals surface area contributed by atoms with E-state index in [9.17, 15) is 0 Å². The predicted octanol–water partition coefficient (Wildman–Crippen LogP) is 12.6. The Bertz CT molecular complexity index is 3080. The van der Waals surface area contributed by atoms with Gasteiger partial charge in [-0.3, -0.25) is 0 Å². The van der Waals surface area contributed by atoms with Crippen molar-refractivity contribution in [2.75, 3.05) is 0 Å². The Labute approximate surface area is 303 Å². The Kier molecular flexibility index (Phi) is 6.52. The summed E-state index contributed by atoms with van der Waals surface area (Å²) in [6.07, 6.45) is 5.04. The maximum Gasteiger partial charge on any atom is 0.230 e. The van der Waals surface area contributed by atoms with Gasteiger partial charge in [0.15, 0.2) is 5.58 Å². The number of oxazole rings is 2. The molecule has 0 spiro atoms. The van der Waals surface area contributed by atoms with Gasteiger partial charge in [0.1, 0.15) is 28.1 Å². The first-order valence-electron chi connectivity index (χ1n) is 16.7. The van der Waals surface area contributed by atoms with Crippen LogP contribution in [0.15, 0.2) is 162 Å². The summed E-state index contributed by atoms with van der Waals surface area (Å²) in [5.41, 5.74) is 7.17. The van der Waals surface area contributed by atoms with Crippen LogP contribution in [-0.2, 0) is 0 Å². The summed E-state index contributed by atoms with van der Waals surface area (Å²) in [5.74, 6) is 1.57. The first-order valence-corrected chi connectivity index (χ1v) is 18.4. The number of hydrogen-bond donors (Lipinski definition) is 1. The normalized spacial score (nSPS) is 11.9. The number of fused-ring (bicyclic) bond motifs is 6. The van der Waals surface area contributed by atoms with Crippen molar-refractivity contribution in [2.45, 2.75) is 9.79 Å². The summed E-state index contributed by atoms with van der Waals surface area (Å²) in [4.78, 5) is 20.5. The third-order valence-electron chi connectivity index (χ3n) is 9.49. The molecule has 9 heteroatoms. The van der Waals surface area contributed by atoms with Crippen molar-refractivity contribution < 1.29 is 13.3 Å². The lowest BCUT2D eigenvalue weighted by molar-refractivity contribution is 0.571. The molecule has 0 atom stereocenters. The van der Waals surface area contributed by atoms with E-state index < -0.39 is 0 Å². The molecule has 0 fully saturated rings. The summed E-state index contributed by atoms with van der Waals surface area (Å²) in [6.45, 7) is 0. The topological polar surface area (TPSA) is 93.9 Å². The van der Waals surface area contributed by atoms with Crippen LogP contribution in [0.25, 0.3) is 99.5 Å². The van der Waals surface area contributed by atoms with Crippen molar-refractivity contribution in [1.29, 1.82) is 0 Å².